The molecule has 2 aliphatic rings. The van der Waals surface area contributed by atoms with E-state index in [0.717, 1.165) is 18.5 Å². The molecule has 0 bridgehead atoms. The first-order chi connectivity index (χ1) is 13.1. The number of carbonyl (C=O) groups excluding carboxylic acids is 3. The molecule has 0 saturated carbocycles. The molecule has 2 fully saturated rings. The second kappa shape index (κ2) is 8.85. The fourth-order valence-electron chi connectivity index (χ4n) is 3.10. The number of unbranched alkanes of at least 4 members (excludes halogenated alkanes) is 1. The van der Waals surface area contributed by atoms with E-state index in [9.17, 15) is 14.4 Å². The molecule has 2 heterocycles. The zero-order chi connectivity index (χ0) is 19.2. The van der Waals surface area contributed by atoms with Crippen molar-refractivity contribution < 1.29 is 23.9 Å². The Morgan fingerprint density at radius 1 is 1.19 bits per heavy atom. The predicted octanol–water partition coefficient (Wildman–Crippen LogP) is 1.68. The lowest BCUT2D eigenvalue weighted by molar-refractivity contribution is -0.125. The van der Waals surface area contributed by atoms with Gasteiger partial charge in [-0.1, -0.05) is 13.3 Å². The molecule has 8 nitrogen and oxygen atoms in total. The number of carbonyl (C=O) groups is 3. The molecule has 3 amide bonds. The quantitative estimate of drug-likeness (QED) is 0.783. The van der Waals surface area contributed by atoms with Crippen molar-refractivity contribution in [2.45, 2.75) is 32.3 Å². The number of nitrogens with zero attached hydrogens (tertiary/aromatic N) is 2. The van der Waals surface area contributed by atoms with Crippen LogP contribution in [0.25, 0.3) is 0 Å². The third-order valence-electron chi connectivity index (χ3n) is 4.62. The van der Waals surface area contributed by atoms with Gasteiger partial charge in [-0.3, -0.25) is 14.5 Å². The summed E-state index contributed by atoms with van der Waals surface area (Å²) in [6.45, 7) is 3.84. The van der Waals surface area contributed by atoms with Crippen LogP contribution in [0, 0.1) is 0 Å². The first kappa shape index (κ1) is 19.2. The molecule has 2 saturated heterocycles. The minimum absolute atomic E-state index is 0.0223. The van der Waals surface area contributed by atoms with Crippen LogP contribution in [0.4, 0.5) is 16.2 Å². The molecule has 0 spiro atoms. The molecule has 8 heteroatoms. The monoisotopic (exact) mass is 375 g/mol. The van der Waals surface area contributed by atoms with Gasteiger partial charge in [-0.05, 0) is 30.7 Å². The maximum Gasteiger partial charge on any atom is 0.414 e. The first-order valence-corrected chi connectivity index (χ1v) is 9.31. The fraction of sp³-hybridized carbons (Fsp3) is 0.526. The van der Waals surface area contributed by atoms with Crippen LogP contribution in [-0.2, 0) is 19.1 Å². The minimum atomic E-state index is -0.432. The van der Waals surface area contributed by atoms with Crippen molar-refractivity contribution in [2.75, 3.05) is 42.6 Å². The number of morpholine rings is 1. The van der Waals surface area contributed by atoms with Gasteiger partial charge in [0, 0.05) is 24.3 Å². The Morgan fingerprint density at radius 2 is 1.89 bits per heavy atom. The molecular weight excluding hydrogens is 350 g/mol. The Balaban J connectivity index is 1.56. The number of ether oxygens (including phenoxy) is 2. The van der Waals surface area contributed by atoms with E-state index in [2.05, 4.69) is 5.32 Å². The van der Waals surface area contributed by atoms with Crippen molar-refractivity contribution in [2.24, 2.45) is 0 Å². The zero-order valence-corrected chi connectivity index (χ0v) is 15.5. The normalized spacial score (nSPS) is 20.0. The standard InChI is InChI=1S/C19H25N3O5/c1-2-3-4-17(23)20-11-16-12-22(19(25)27-16)15-7-5-14(6-8-15)21-9-10-26-13-18(21)24/h5-8,16H,2-4,9-13H2,1H3,(H,20,23)/t16-/m0/s1. The maximum atomic E-state index is 12.2. The molecule has 0 aliphatic carbocycles. The Hall–Kier alpha value is -2.61. The van der Waals surface area contributed by atoms with Gasteiger partial charge in [0.15, 0.2) is 0 Å². The number of nitrogens with one attached hydrogen (secondary N) is 1. The highest BCUT2D eigenvalue weighted by Gasteiger charge is 2.32. The van der Waals surface area contributed by atoms with Crippen molar-refractivity contribution >= 4 is 29.3 Å². The molecule has 0 unspecified atom stereocenters. The third kappa shape index (κ3) is 4.77. The van der Waals surface area contributed by atoms with Crippen molar-refractivity contribution in [1.29, 1.82) is 0 Å². The molecule has 146 valence electrons. The molecule has 0 radical (unpaired) electrons. The highest BCUT2D eigenvalue weighted by molar-refractivity contribution is 5.95. The summed E-state index contributed by atoms with van der Waals surface area (Å²) in [4.78, 5) is 39.0. The van der Waals surface area contributed by atoms with Gasteiger partial charge in [-0.2, -0.15) is 0 Å². The SMILES string of the molecule is CCCCC(=O)NC[C@H]1CN(c2ccc(N3CCOCC3=O)cc2)C(=O)O1. The van der Waals surface area contributed by atoms with Gasteiger partial charge in [0.2, 0.25) is 5.91 Å². The summed E-state index contributed by atoms with van der Waals surface area (Å²) >= 11 is 0. The smallest absolute Gasteiger partial charge is 0.414 e. The molecule has 0 aromatic heterocycles. The average Bonchev–Trinajstić information content (AvgIpc) is 3.06. The number of rotatable bonds is 7. The number of hydrogen-bond donors (Lipinski definition) is 1. The Bertz CT molecular complexity index is 691. The van der Waals surface area contributed by atoms with Gasteiger partial charge in [0.1, 0.15) is 12.7 Å². The van der Waals surface area contributed by atoms with Crippen LogP contribution < -0.4 is 15.1 Å². The van der Waals surface area contributed by atoms with Crippen LogP contribution in [0.5, 0.6) is 0 Å². The lowest BCUT2D eigenvalue weighted by Crippen LogP contribution is -2.41. The van der Waals surface area contributed by atoms with Gasteiger partial charge in [0.25, 0.3) is 5.91 Å². The average molecular weight is 375 g/mol. The summed E-state index contributed by atoms with van der Waals surface area (Å²) in [7, 11) is 0. The highest BCUT2D eigenvalue weighted by atomic mass is 16.6. The maximum absolute atomic E-state index is 12.2. The number of anilines is 2. The van der Waals surface area contributed by atoms with Crippen LogP contribution in [0.15, 0.2) is 24.3 Å². The number of amides is 3. The van der Waals surface area contributed by atoms with Crippen molar-refractivity contribution in [3.8, 4) is 0 Å². The van der Waals surface area contributed by atoms with Crippen LogP contribution in [-0.4, -0.2) is 56.9 Å². The molecule has 1 aromatic carbocycles. The molecule has 1 aromatic rings. The number of hydrogen-bond acceptors (Lipinski definition) is 5. The predicted molar refractivity (Wildman–Crippen MR) is 99.8 cm³/mol. The molecule has 1 atom stereocenters. The summed E-state index contributed by atoms with van der Waals surface area (Å²) in [6.07, 6.45) is 1.50. The van der Waals surface area contributed by atoms with Crippen LogP contribution in [0.3, 0.4) is 0 Å². The van der Waals surface area contributed by atoms with E-state index in [-0.39, 0.29) is 24.5 Å². The van der Waals surface area contributed by atoms with Crippen LogP contribution in [0.1, 0.15) is 26.2 Å². The molecule has 1 N–H and O–H groups in total. The Labute approximate surface area is 158 Å². The van der Waals surface area contributed by atoms with E-state index < -0.39 is 6.09 Å². The van der Waals surface area contributed by atoms with E-state index in [1.807, 2.05) is 19.1 Å². The van der Waals surface area contributed by atoms with Gasteiger partial charge in [-0.25, -0.2) is 4.79 Å². The van der Waals surface area contributed by atoms with E-state index in [1.165, 1.54) is 4.90 Å². The Kier molecular flexibility index (Phi) is 6.28. The summed E-state index contributed by atoms with van der Waals surface area (Å²) in [5.41, 5.74) is 1.48. The highest BCUT2D eigenvalue weighted by Crippen LogP contribution is 2.25. The first-order valence-electron chi connectivity index (χ1n) is 9.31. The van der Waals surface area contributed by atoms with Crippen LogP contribution in [0.2, 0.25) is 0 Å². The minimum Gasteiger partial charge on any atom is -0.442 e. The van der Waals surface area contributed by atoms with E-state index in [0.29, 0.717) is 38.3 Å². The van der Waals surface area contributed by atoms with Gasteiger partial charge < -0.3 is 19.7 Å². The second-order valence-electron chi connectivity index (χ2n) is 6.64. The molecule has 27 heavy (non-hydrogen) atoms. The summed E-state index contributed by atoms with van der Waals surface area (Å²) < 4.78 is 10.5. The van der Waals surface area contributed by atoms with Gasteiger partial charge >= 0.3 is 6.09 Å². The second-order valence-corrected chi connectivity index (χ2v) is 6.64. The van der Waals surface area contributed by atoms with Crippen molar-refractivity contribution in [3.05, 3.63) is 24.3 Å². The summed E-state index contributed by atoms with van der Waals surface area (Å²) in [6, 6.07) is 7.21. The van der Waals surface area contributed by atoms with E-state index in [1.54, 1.807) is 17.0 Å². The largest absolute Gasteiger partial charge is 0.442 e. The molecule has 3 rings (SSSR count). The lowest BCUT2D eigenvalue weighted by atomic mass is 10.2. The number of cyclic esters (lactones) is 1. The molecule has 2 aliphatic heterocycles. The number of benzene rings is 1. The molecular formula is C19H25N3O5. The van der Waals surface area contributed by atoms with E-state index in [4.69, 9.17) is 9.47 Å². The lowest BCUT2D eigenvalue weighted by Gasteiger charge is -2.27. The van der Waals surface area contributed by atoms with Gasteiger partial charge in [-0.15, -0.1) is 0 Å². The van der Waals surface area contributed by atoms with Crippen molar-refractivity contribution in [3.63, 3.8) is 0 Å². The summed E-state index contributed by atoms with van der Waals surface area (Å²) in [5, 5.41) is 2.81. The topological polar surface area (TPSA) is 88.2 Å². The van der Waals surface area contributed by atoms with Crippen molar-refractivity contribution in [1.82, 2.24) is 5.32 Å². The fourth-order valence-corrected chi connectivity index (χ4v) is 3.10. The Morgan fingerprint density at radius 3 is 2.56 bits per heavy atom. The summed E-state index contributed by atoms with van der Waals surface area (Å²) in [5.74, 6) is -0.0978. The zero-order valence-electron chi connectivity index (χ0n) is 15.5. The van der Waals surface area contributed by atoms with Gasteiger partial charge in [0.05, 0.1) is 19.7 Å². The third-order valence-corrected chi connectivity index (χ3v) is 4.62. The van der Waals surface area contributed by atoms with E-state index >= 15 is 0 Å². The van der Waals surface area contributed by atoms with Crippen LogP contribution >= 0.6 is 0 Å².